The molecular weight excluding hydrogens is 184 g/mol. The van der Waals surface area contributed by atoms with Crippen molar-refractivity contribution in [2.45, 2.75) is 25.4 Å². The largest absolute Gasteiger partial charge is 0.311 e. The van der Waals surface area contributed by atoms with Crippen LogP contribution >= 0.6 is 0 Å². The van der Waals surface area contributed by atoms with Crippen molar-refractivity contribution in [1.29, 1.82) is 0 Å². The first kappa shape index (κ1) is 10.7. The highest BCUT2D eigenvalue weighted by atomic mass is 15.2. The van der Waals surface area contributed by atoms with Gasteiger partial charge in [-0.05, 0) is 26.0 Å². The van der Waals surface area contributed by atoms with Gasteiger partial charge in [-0.15, -0.1) is 0 Å². The van der Waals surface area contributed by atoms with Gasteiger partial charge in [0.15, 0.2) is 0 Å². The fourth-order valence-corrected chi connectivity index (χ4v) is 2.25. The second kappa shape index (κ2) is 4.77. The molecule has 0 bridgehead atoms. The molecule has 1 unspecified atom stereocenters. The second-order valence-corrected chi connectivity index (χ2v) is 4.59. The van der Waals surface area contributed by atoms with Crippen molar-refractivity contribution in [3.63, 3.8) is 0 Å². The molecule has 0 radical (unpaired) electrons. The van der Waals surface area contributed by atoms with Gasteiger partial charge in [-0.25, -0.2) is 0 Å². The summed E-state index contributed by atoms with van der Waals surface area (Å²) in [7, 11) is 2.23. The summed E-state index contributed by atoms with van der Waals surface area (Å²) in [5, 5.41) is 3.54. The van der Waals surface area contributed by atoms with E-state index in [-0.39, 0.29) is 0 Å². The van der Waals surface area contributed by atoms with Gasteiger partial charge >= 0.3 is 0 Å². The van der Waals surface area contributed by atoms with Crippen LogP contribution in [0.4, 0.5) is 0 Å². The fourth-order valence-electron chi connectivity index (χ4n) is 2.25. The molecule has 2 rings (SSSR count). The van der Waals surface area contributed by atoms with Crippen LogP contribution in [0.5, 0.6) is 0 Å². The Morgan fingerprint density at radius 1 is 1.33 bits per heavy atom. The summed E-state index contributed by atoms with van der Waals surface area (Å²) >= 11 is 0. The third kappa shape index (κ3) is 2.80. The van der Waals surface area contributed by atoms with Gasteiger partial charge in [-0.1, -0.05) is 30.3 Å². The summed E-state index contributed by atoms with van der Waals surface area (Å²) in [6, 6.07) is 12.0. The second-order valence-electron chi connectivity index (χ2n) is 4.59. The van der Waals surface area contributed by atoms with Gasteiger partial charge in [-0.3, -0.25) is 0 Å². The number of benzene rings is 1. The maximum atomic E-state index is 3.54. The van der Waals surface area contributed by atoms with Crippen LogP contribution in [-0.4, -0.2) is 37.1 Å². The van der Waals surface area contributed by atoms with Crippen LogP contribution in [0, 0.1) is 0 Å². The minimum Gasteiger partial charge on any atom is -0.311 e. The SMILES string of the molecule is C[C@@H]1CN(C)C(Cc2ccccc2)CN1. The maximum Gasteiger partial charge on any atom is 0.0258 e. The molecule has 1 aromatic rings. The zero-order chi connectivity index (χ0) is 10.7. The van der Waals surface area contributed by atoms with Crippen LogP contribution in [0.15, 0.2) is 30.3 Å². The van der Waals surface area contributed by atoms with E-state index in [1.54, 1.807) is 0 Å². The normalized spacial score (nSPS) is 27.9. The van der Waals surface area contributed by atoms with Crippen LogP contribution in [-0.2, 0) is 6.42 Å². The first-order chi connectivity index (χ1) is 7.25. The van der Waals surface area contributed by atoms with Crippen LogP contribution in [0.25, 0.3) is 0 Å². The van der Waals surface area contributed by atoms with Crippen molar-refractivity contribution in [2.24, 2.45) is 0 Å². The molecule has 0 aromatic heterocycles. The first-order valence-electron chi connectivity index (χ1n) is 5.73. The van der Waals surface area contributed by atoms with E-state index in [2.05, 4.69) is 54.5 Å². The molecule has 82 valence electrons. The molecule has 1 N–H and O–H groups in total. The predicted octanol–water partition coefficient (Wildman–Crippen LogP) is 1.52. The Bertz CT molecular complexity index is 297. The Morgan fingerprint density at radius 3 is 2.73 bits per heavy atom. The van der Waals surface area contributed by atoms with Gasteiger partial charge in [0.1, 0.15) is 0 Å². The van der Waals surface area contributed by atoms with E-state index in [1.807, 2.05) is 0 Å². The lowest BCUT2D eigenvalue weighted by atomic mass is 10.0. The molecule has 1 fully saturated rings. The van der Waals surface area contributed by atoms with Crippen LogP contribution in [0.2, 0.25) is 0 Å². The Kier molecular flexibility index (Phi) is 3.39. The van der Waals surface area contributed by atoms with Crippen molar-refractivity contribution in [1.82, 2.24) is 10.2 Å². The van der Waals surface area contributed by atoms with Gasteiger partial charge in [0.05, 0.1) is 0 Å². The molecule has 0 spiro atoms. The smallest absolute Gasteiger partial charge is 0.0258 e. The molecule has 1 heterocycles. The monoisotopic (exact) mass is 204 g/mol. The third-order valence-corrected chi connectivity index (χ3v) is 3.20. The molecule has 2 atom stereocenters. The van der Waals surface area contributed by atoms with Crippen molar-refractivity contribution in [2.75, 3.05) is 20.1 Å². The van der Waals surface area contributed by atoms with Crippen molar-refractivity contribution < 1.29 is 0 Å². The summed E-state index contributed by atoms with van der Waals surface area (Å²) in [4.78, 5) is 2.47. The minimum atomic E-state index is 0.627. The van der Waals surface area contributed by atoms with Crippen molar-refractivity contribution in [3.8, 4) is 0 Å². The molecule has 1 saturated heterocycles. The van der Waals surface area contributed by atoms with E-state index in [0.717, 1.165) is 19.5 Å². The zero-order valence-corrected chi connectivity index (χ0v) is 9.61. The number of nitrogens with one attached hydrogen (secondary N) is 1. The summed E-state index contributed by atoms with van der Waals surface area (Å²) in [6.07, 6.45) is 1.15. The molecule has 0 saturated carbocycles. The maximum absolute atomic E-state index is 3.54. The number of piperazine rings is 1. The fraction of sp³-hybridized carbons (Fsp3) is 0.538. The number of likely N-dealkylation sites (N-methyl/N-ethyl adjacent to an activating group) is 1. The first-order valence-corrected chi connectivity index (χ1v) is 5.73. The van der Waals surface area contributed by atoms with E-state index in [4.69, 9.17) is 0 Å². The Hall–Kier alpha value is -0.860. The zero-order valence-electron chi connectivity index (χ0n) is 9.61. The van der Waals surface area contributed by atoms with Gasteiger partial charge in [0, 0.05) is 25.2 Å². The third-order valence-electron chi connectivity index (χ3n) is 3.20. The Labute approximate surface area is 92.3 Å². The Morgan fingerprint density at radius 2 is 2.07 bits per heavy atom. The lowest BCUT2D eigenvalue weighted by molar-refractivity contribution is 0.169. The average Bonchev–Trinajstić information content (AvgIpc) is 2.24. The lowest BCUT2D eigenvalue weighted by Gasteiger charge is -2.36. The number of rotatable bonds is 2. The molecule has 1 aromatic carbocycles. The van der Waals surface area contributed by atoms with Gasteiger partial charge < -0.3 is 10.2 Å². The van der Waals surface area contributed by atoms with Gasteiger partial charge in [-0.2, -0.15) is 0 Å². The summed E-state index contributed by atoms with van der Waals surface area (Å²) in [5.74, 6) is 0. The van der Waals surface area contributed by atoms with Gasteiger partial charge in [0.2, 0.25) is 0 Å². The van der Waals surface area contributed by atoms with E-state index >= 15 is 0 Å². The molecule has 15 heavy (non-hydrogen) atoms. The predicted molar refractivity (Wildman–Crippen MR) is 64.0 cm³/mol. The number of nitrogens with zero attached hydrogens (tertiary/aromatic N) is 1. The van der Waals surface area contributed by atoms with Crippen molar-refractivity contribution >= 4 is 0 Å². The Balaban J connectivity index is 1.95. The van der Waals surface area contributed by atoms with E-state index in [0.29, 0.717) is 12.1 Å². The molecule has 0 amide bonds. The standard InChI is InChI=1S/C13H20N2/c1-11-10-15(2)13(9-14-11)8-12-6-4-3-5-7-12/h3-7,11,13-14H,8-10H2,1-2H3/t11-,13?/m1/s1. The lowest BCUT2D eigenvalue weighted by Crippen LogP contribution is -2.54. The molecule has 0 aliphatic carbocycles. The molecule has 2 nitrogen and oxygen atoms in total. The molecular formula is C13H20N2. The van der Waals surface area contributed by atoms with Gasteiger partial charge in [0.25, 0.3) is 0 Å². The van der Waals surface area contributed by atoms with Crippen LogP contribution in [0.1, 0.15) is 12.5 Å². The summed E-state index contributed by atoms with van der Waals surface area (Å²) < 4.78 is 0. The minimum absolute atomic E-state index is 0.627. The summed E-state index contributed by atoms with van der Waals surface area (Å²) in [6.45, 7) is 4.50. The average molecular weight is 204 g/mol. The van der Waals surface area contributed by atoms with E-state index in [9.17, 15) is 0 Å². The molecule has 1 aliphatic rings. The van der Waals surface area contributed by atoms with Crippen LogP contribution < -0.4 is 5.32 Å². The number of hydrogen-bond donors (Lipinski definition) is 1. The van der Waals surface area contributed by atoms with E-state index in [1.165, 1.54) is 5.56 Å². The number of hydrogen-bond acceptors (Lipinski definition) is 2. The summed E-state index contributed by atoms with van der Waals surface area (Å²) in [5.41, 5.74) is 1.44. The van der Waals surface area contributed by atoms with Crippen molar-refractivity contribution in [3.05, 3.63) is 35.9 Å². The quantitative estimate of drug-likeness (QED) is 0.786. The molecule has 1 aliphatic heterocycles. The highest BCUT2D eigenvalue weighted by Gasteiger charge is 2.22. The molecule has 2 heteroatoms. The van der Waals surface area contributed by atoms with E-state index < -0.39 is 0 Å². The topological polar surface area (TPSA) is 15.3 Å². The van der Waals surface area contributed by atoms with Crippen LogP contribution in [0.3, 0.4) is 0 Å². The highest BCUT2D eigenvalue weighted by Crippen LogP contribution is 2.10. The highest BCUT2D eigenvalue weighted by molar-refractivity contribution is 5.16.